The SMILES string of the molecule is COc1cccc(C=CC(=O)Nc2ccn(Cc3ccc(C(C)=O)o3)n2)c1. The van der Waals surface area contributed by atoms with Crippen LogP contribution in [0.25, 0.3) is 6.08 Å². The fourth-order valence-corrected chi connectivity index (χ4v) is 2.41. The zero-order valence-corrected chi connectivity index (χ0v) is 15.0. The molecule has 0 unspecified atom stereocenters. The topological polar surface area (TPSA) is 86.4 Å². The third-order valence-corrected chi connectivity index (χ3v) is 3.74. The third-order valence-electron chi connectivity index (χ3n) is 3.74. The highest BCUT2D eigenvalue weighted by atomic mass is 16.5. The van der Waals surface area contributed by atoms with Crippen molar-refractivity contribution < 1.29 is 18.7 Å². The smallest absolute Gasteiger partial charge is 0.249 e. The molecule has 0 aliphatic heterocycles. The number of carbonyl (C=O) groups is 2. The minimum atomic E-state index is -0.292. The Hall–Kier alpha value is -3.61. The van der Waals surface area contributed by atoms with Crippen molar-refractivity contribution in [2.75, 3.05) is 12.4 Å². The van der Waals surface area contributed by atoms with Gasteiger partial charge in [-0.25, -0.2) is 0 Å². The summed E-state index contributed by atoms with van der Waals surface area (Å²) in [6.07, 6.45) is 4.85. The first kappa shape index (κ1) is 18.2. The second kappa shape index (κ2) is 8.18. The largest absolute Gasteiger partial charge is 0.497 e. The minimum Gasteiger partial charge on any atom is -0.497 e. The highest BCUT2D eigenvalue weighted by Crippen LogP contribution is 2.14. The average molecular weight is 365 g/mol. The van der Waals surface area contributed by atoms with E-state index < -0.39 is 0 Å². The van der Waals surface area contributed by atoms with Gasteiger partial charge in [0.05, 0.1) is 13.7 Å². The summed E-state index contributed by atoms with van der Waals surface area (Å²) in [6, 6.07) is 12.4. The molecule has 3 rings (SSSR count). The van der Waals surface area contributed by atoms with Crippen LogP contribution in [-0.2, 0) is 11.3 Å². The maximum Gasteiger partial charge on any atom is 0.249 e. The first-order valence-electron chi connectivity index (χ1n) is 8.30. The maximum atomic E-state index is 12.1. The van der Waals surface area contributed by atoms with E-state index in [2.05, 4.69) is 10.4 Å². The number of methoxy groups -OCH3 is 1. The summed E-state index contributed by atoms with van der Waals surface area (Å²) in [6.45, 7) is 1.81. The van der Waals surface area contributed by atoms with Gasteiger partial charge in [-0.3, -0.25) is 14.3 Å². The van der Waals surface area contributed by atoms with Gasteiger partial charge < -0.3 is 14.5 Å². The van der Waals surface area contributed by atoms with E-state index in [9.17, 15) is 9.59 Å². The fraction of sp³-hybridized carbons (Fsp3) is 0.150. The zero-order chi connectivity index (χ0) is 19.2. The summed E-state index contributed by atoms with van der Waals surface area (Å²) in [7, 11) is 1.59. The van der Waals surface area contributed by atoms with E-state index in [-0.39, 0.29) is 11.7 Å². The van der Waals surface area contributed by atoms with E-state index in [0.29, 0.717) is 23.9 Å². The van der Waals surface area contributed by atoms with E-state index in [1.807, 2.05) is 24.3 Å². The molecule has 2 aromatic heterocycles. The number of aromatic nitrogens is 2. The second-order valence-electron chi connectivity index (χ2n) is 5.82. The van der Waals surface area contributed by atoms with Crippen LogP contribution in [0, 0.1) is 0 Å². The first-order chi connectivity index (χ1) is 13.0. The van der Waals surface area contributed by atoms with Crippen LogP contribution < -0.4 is 10.1 Å². The van der Waals surface area contributed by atoms with Crippen LogP contribution in [0.5, 0.6) is 5.75 Å². The molecule has 3 aromatic rings. The van der Waals surface area contributed by atoms with E-state index >= 15 is 0 Å². The predicted molar refractivity (Wildman–Crippen MR) is 101 cm³/mol. The number of hydrogen-bond donors (Lipinski definition) is 1. The molecule has 0 bridgehead atoms. The molecule has 0 aliphatic carbocycles. The molecule has 138 valence electrons. The number of rotatable bonds is 7. The summed E-state index contributed by atoms with van der Waals surface area (Å²) < 4.78 is 12.2. The Morgan fingerprint density at radius 2 is 2.11 bits per heavy atom. The molecule has 2 heterocycles. The molecule has 0 aliphatic rings. The Morgan fingerprint density at radius 1 is 1.26 bits per heavy atom. The lowest BCUT2D eigenvalue weighted by Crippen LogP contribution is -2.09. The van der Waals surface area contributed by atoms with E-state index in [1.165, 1.54) is 13.0 Å². The fourth-order valence-electron chi connectivity index (χ4n) is 2.41. The minimum absolute atomic E-state index is 0.127. The molecule has 1 N–H and O–H groups in total. The van der Waals surface area contributed by atoms with E-state index in [0.717, 1.165) is 11.3 Å². The summed E-state index contributed by atoms with van der Waals surface area (Å²) in [5, 5.41) is 6.96. The standard InChI is InChI=1S/C20H19N3O4/c1-14(24)18-8-7-17(27-18)13-23-11-10-19(22-23)21-20(25)9-6-15-4-3-5-16(12-15)26-2/h3-12H,13H2,1-2H3,(H,21,22,25). The van der Waals surface area contributed by atoms with Gasteiger partial charge in [0.25, 0.3) is 0 Å². The van der Waals surface area contributed by atoms with Gasteiger partial charge in [0.15, 0.2) is 17.4 Å². The normalized spacial score (nSPS) is 10.9. The molecule has 0 atom stereocenters. The Labute approximate surface area is 156 Å². The quantitative estimate of drug-likeness (QED) is 0.512. The number of Topliss-reactive ketones (excluding diaryl/α,β-unsaturated/α-hetero) is 1. The van der Waals surface area contributed by atoms with Crippen LogP contribution in [-0.4, -0.2) is 28.6 Å². The number of furan rings is 1. The second-order valence-corrected chi connectivity index (χ2v) is 5.82. The number of anilines is 1. The third kappa shape index (κ3) is 4.94. The average Bonchev–Trinajstić information content (AvgIpc) is 3.30. The van der Waals surface area contributed by atoms with E-state index in [4.69, 9.17) is 9.15 Å². The molecule has 27 heavy (non-hydrogen) atoms. The van der Waals surface area contributed by atoms with Gasteiger partial charge in [-0.05, 0) is 35.9 Å². The highest BCUT2D eigenvalue weighted by Gasteiger charge is 2.08. The van der Waals surface area contributed by atoms with Crippen LogP contribution >= 0.6 is 0 Å². The molecule has 7 heteroatoms. The summed E-state index contributed by atoms with van der Waals surface area (Å²) in [5.74, 6) is 1.65. The molecule has 1 amide bonds. The van der Waals surface area contributed by atoms with Crippen molar-refractivity contribution in [3.8, 4) is 5.75 Å². The van der Waals surface area contributed by atoms with Crippen molar-refractivity contribution >= 4 is 23.6 Å². The maximum absolute atomic E-state index is 12.1. The number of carbonyl (C=O) groups excluding carboxylic acids is 2. The molecule has 0 saturated carbocycles. The Morgan fingerprint density at radius 3 is 2.85 bits per heavy atom. The molecule has 0 saturated heterocycles. The van der Waals surface area contributed by atoms with Crippen molar-refractivity contribution in [2.24, 2.45) is 0 Å². The summed E-state index contributed by atoms with van der Waals surface area (Å²) >= 11 is 0. The van der Waals surface area contributed by atoms with Crippen molar-refractivity contribution in [3.05, 3.63) is 71.8 Å². The van der Waals surface area contributed by atoms with Gasteiger partial charge in [0.1, 0.15) is 11.5 Å². The zero-order valence-electron chi connectivity index (χ0n) is 15.0. The van der Waals surface area contributed by atoms with Crippen LogP contribution in [0.15, 0.2) is 59.2 Å². The number of nitrogens with zero attached hydrogens (tertiary/aromatic N) is 2. The molecule has 1 aromatic carbocycles. The van der Waals surface area contributed by atoms with Crippen molar-refractivity contribution in [3.63, 3.8) is 0 Å². The van der Waals surface area contributed by atoms with Crippen LogP contribution in [0.4, 0.5) is 5.82 Å². The molecule has 0 fully saturated rings. The molecular weight excluding hydrogens is 346 g/mol. The summed E-state index contributed by atoms with van der Waals surface area (Å²) in [5.41, 5.74) is 0.856. The molecule has 0 spiro atoms. The lowest BCUT2D eigenvalue weighted by Gasteiger charge is -2.00. The lowest BCUT2D eigenvalue weighted by molar-refractivity contribution is -0.111. The number of amides is 1. The lowest BCUT2D eigenvalue weighted by atomic mass is 10.2. The molecule has 0 radical (unpaired) electrons. The Bertz CT molecular complexity index is 985. The predicted octanol–water partition coefficient (Wildman–Crippen LogP) is 3.39. The monoisotopic (exact) mass is 365 g/mol. The van der Waals surface area contributed by atoms with Crippen LogP contribution in [0.3, 0.4) is 0 Å². The summed E-state index contributed by atoms with van der Waals surface area (Å²) in [4.78, 5) is 23.3. The van der Waals surface area contributed by atoms with Gasteiger partial charge in [-0.15, -0.1) is 0 Å². The van der Waals surface area contributed by atoms with Crippen LogP contribution in [0.2, 0.25) is 0 Å². The number of benzene rings is 1. The van der Waals surface area contributed by atoms with Crippen LogP contribution in [0.1, 0.15) is 28.8 Å². The van der Waals surface area contributed by atoms with Gasteiger partial charge in [0.2, 0.25) is 5.91 Å². The molecular formula is C20H19N3O4. The van der Waals surface area contributed by atoms with Crippen molar-refractivity contribution in [1.29, 1.82) is 0 Å². The van der Waals surface area contributed by atoms with Crippen molar-refractivity contribution in [2.45, 2.75) is 13.5 Å². The van der Waals surface area contributed by atoms with E-state index in [1.54, 1.807) is 42.3 Å². The molecule has 7 nitrogen and oxygen atoms in total. The highest BCUT2D eigenvalue weighted by molar-refractivity contribution is 6.01. The Balaban J connectivity index is 1.58. The van der Waals surface area contributed by atoms with Crippen molar-refractivity contribution in [1.82, 2.24) is 9.78 Å². The Kier molecular flexibility index (Phi) is 5.51. The van der Waals surface area contributed by atoms with Gasteiger partial charge in [-0.2, -0.15) is 5.10 Å². The number of ketones is 1. The van der Waals surface area contributed by atoms with Gasteiger partial charge in [0, 0.05) is 25.3 Å². The van der Waals surface area contributed by atoms with Gasteiger partial charge >= 0.3 is 0 Å². The first-order valence-corrected chi connectivity index (χ1v) is 8.30. The van der Waals surface area contributed by atoms with Gasteiger partial charge in [-0.1, -0.05) is 12.1 Å². The number of hydrogen-bond acceptors (Lipinski definition) is 5. The number of ether oxygens (including phenoxy) is 1. The number of nitrogens with one attached hydrogen (secondary N) is 1.